The topological polar surface area (TPSA) is 115 Å². The average molecular weight is 403 g/mol. The Bertz CT molecular complexity index is 911. The second-order valence-electron chi connectivity index (χ2n) is 5.41. The number of nitrogens with zero attached hydrogens (tertiary/aromatic N) is 3. The Morgan fingerprint density at radius 3 is 2.67 bits per heavy atom. The molecule has 0 aliphatic carbocycles. The minimum Gasteiger partial charge on any atom is -0.338 e. The van der Waals surface area contributed by atoms with Crippen molar-refractivity contribution in [3.05, 3.63) is 53.4 Å². The average Bonchev–Trinajstić information content (AvgIpc) is 3.30. The third-order valence-corrected chi connectivity index (χ3v) is 5.62. The Balaban J connectivity index is 1.86. The van der Waals surface area contributed by atoms with Crippen LogP contribution in [0.2, 0.25) is 0 Å². The first kappa shape index (κ1) is 18.9. The maximum absolute atomic E-state index is 12.7. The fourth-order valence-corrected chi connectivity index (χ4v) is 3.98. The molecule has 1 aromatic carbocycles. The van der Waals surface area contributed by atoms with Gasteiger partial charge in [-0.15, -0.1) is 21.5 Å². The number of carbonyl (C=O) groups is 2. The number of hydrogen-bond donors (Lipinski definition) is 3. The Morgan fingerprint density at radius 2 is 2.00 bits per heavy atom. The normalized spacial score (nSPS) is 11.7. The van der Waals surface area contributed by atoms with E-state index in [-0.39, 0.29) is 0 Å². The van der Waals surface area contributed by atoms with Gasteiger partial charge in [-0.3, -0.25) is 10.1 Å². The van der Waals surface area contributed by atoms with E-state index < -0.39 is 17.2 Å². The standard InChI is InChI=1S/C17H18N6O2S2/c1-2-19-16(25)20-15(24)13(11-7-4-3-5-8-11)27-17-22-21-14(23(17)18)12-9-6-10-26-12/h3-10,13H,2,18H2,1H3,(H2,19,20,24,25)/t13-/m1/s1. The molecule has 2 aromatic heterocycles. The summed E-state index contributed by atoms with van der Waals surface area (Å²) in [5.74, 6) is 6.19. The van der Waals surface area contributed by atoms with Gasteiger partial charge in [0.25, 0.3) is 0 Å². The molecule has 0 saturated heterocycles. The molecule has 0 aliphatic rings. The zero-order chi connectivity index (χ0) is 19.2. The molecule has 0 spiro atoms. The van der Waals surface area contributed by atoms with Crippen molar-refractivity contribution in [3.8, 4) is 10.7 Å². The quantitative estimate of drug-likeness (QED) is 0.431. The van der Waals surface area contributed by atoms with E-state index in [1.807, 2.05) is 47.8 Å². The number of nitrogens with two attached hydrogens (primary N) is 1. The second-order valence-corrected chi connectivity index (χ2v) is 7.43. The first-order valence-corrected chi connectivity index (χ1v) is 9.90. The molecular formula is C17H18N6O2S2. The summed E-state index contributed by atoms with van der Waals surface area (Å²) in [6.07, 6.45) is 0. The third-order valence-electron chi connectivity index (χ3n) is 3.54. The number of nitrogen functional groups attached to an aromatic ring is 1. The van der Waals surface area contributed by atoms with E-state index in [9.17, 15) is 9.59 Å². The number of thiophene rings is 1. The molecule has 0 bridgehead atoms. The van der Waals surface area contributed by atoms with Crippen molar-refractivity contribution in [2.45, 2.75) is 17.3 Å². The van der Waals surface area contributed by atoms with Crippen LogP contribution in [0.25, 0.3) is 10.7 Å². The van der Waals surface area contributed by atoms with Gasteiger partial charge in [0, 0.05) is 6.54 Å². The van der Waals surface area contributed by atoms with Crippen LogP contribution in [0.5, 0.6) is 0 Å². The number of carbonyl (C=O) groups excluding carboxylic acids is 2. The smallest absolute Gasteiger partial charge is 0.321 e. The Labute approximate surface area is 164 Å². The molecule has 3 amide bonds. The second kappa shape index (κ2) is 8.69. The van der Waals surface area contributed by atoms with Gasteiger partial charge in [0.2, 0.25) is 11.1 Å². The van der Waals surface area contributed by atoms with Gasteiger partial charge >= 0.3 is 6.03 Å². The summed E-state index contributed by atoms with van der Waals surface area (Å²) in [5, 5.41) is 14.7. The Kier molecular flexibility index (Phi) is 6.09. The zero-order valence-electron chi connectivity index (χ0n) is 14.5. The highest BCUT2D eigenvalue weighted by Gasteiger charge is 2.26. The van der Waals surface area contributed by atoms with Crippen LogP contribution in [0.3, 0.4) is 0 Å². The lowest BCUT2D eigenvalue weighted by Crippen LogP contribution is -2.41. The summed E-state index contributed by atoms with van der Waals surface area (Å²) in [7, 11) is 0. The largest absolute Gasteiger partial charge is 0.338 e. The monoisotopic (exact) mass is 402 g/mol. The lowest BCUT2D eigenvalue weighted by Gasteiger charge is -2.16. The molecule has 3 aromatic rings. The van der Waals surface area contributed by atoms with Crippen molar-refractivity contribution in [1.82, 2.24) is 25.5 Å². The number of rotatable bonds is 6. The Morgan fingerprint density at radius 1 is 1.22 bits per heavy atom. The Hall–Kier alpha value is -2.85. The molecule has 2 heterocycles. The van der Waals surface area contributed by atoms with Crippen molar-refractivity contribution in [2.75, 3.05) is 12.4 Å². The van der Waals surface area contributed by atoms with Crippen LogP contribution in [-0.2, 0) is 4.79 Å². The van der Waals surface area contributed by atoms with Crippen molar-refractivity contribution >= 4 is 35.0 Å². The number of amides is 3. The number of aromatic nitrogens is 3. The molecular weight excluding hydrogens is 384 g/mol. The molecule has 27 heavy (non-hydrogen) atoms. The first-order valence-electron chi connectivity index (χ1n) is 8.14. The van der Waals surface area contributed by atoms with E-state index in [0.717, 1.165) is 22.2 Å². The summed E-state index contributed by atoms with van der Waals surface area (Å²) < 4.78 is 1.35. The van der Waals surface area contributed by atoms with E-state index in [1.165, 1.54) is 16.0 Å². The zero-order valence-corrected chi connectivity index (χ0v) is 16.1. The number of benzene rings is 1. The molecule has 10 heteroatoms. The molecule has 4 N–H and O–H groups in total. The molecule has 0 radical (unpaired) electrons. The predicted octanol–water partition coefficient (Wildman–Crippen LogP) is 2.40. The van der Waals surface area contributed by atoms with Crippen molar-refractivity contribution in [1.29, 1.82) is 0 Å². The van der Waals surface area contributed by atoms with Gasteiger partial charge in [-0.2, -0.15) is 0 Å². The van der Waals surface area contributed by atoms with Gasteiger partial charge in [-0.05, 0) is 23.9 Å². The predicted molar refractivity (Wildman–Crippen MR) is 106 cm³/mol. The maximum Gasteiger partial charge on any atom is 0.321 e. The molecule has 8 nitrogen and oxygen atoms in total. The van der Waals surface area contributed by atoms with Crippen molar-refractivity contribution in [2.24, 2.45) is 0 Å². The lowest BCUT2D eigenvalue weighted by molar-refractivity contribution is -0.119. The van der Waals surface area contributed by atoms with Crippen LogP contribution in [0.15, 0.2) is 53.0 Å². The number of nitrogens with one attached hydrogen (secondary N) is 2. The fourth-order valence-electron chi connectivity index (χ4n) is 2.32. The molecule has 0 fully saturated rings. The van der Waals surface area contributed by atoms with Gasteiger partial charge in [0.15, 0.2) is 5.82 Å². The summed E-state index contributed by atoms with van der Waals surface area (Å²) >= 11 is 2.63. The van der Waals surface area contributed by atoms with Gasteiger partial charge in [-0.25, -0.2) is 9.47 Å². The highest BCUT2D eigenvalue weighted by Crippen LogP contribution is 2.35. The van der Waals surface area contributed by atoms with Crippen LogP contribution in [0, 0.1) is 0 Å². The number of imide groups is 1. The van der Waals surface area contributed by atoms with Crippen molar-refractivity contribution in [3.63, 3.8) is 0 Å². The molecule has 0 saturated carbocycles. The van der Waals surface area contributed by atoms with Crippen LogP contribution < -0.4 is 16.5 Å². The van der Waals surface area contributed by atoms with E-state index >= 15 is 0 Å². The molecule has 0 aliphatic heterocycles. The summed E-state index contributed by atoms with van der Waals surface area (Å²) in [6.45, 7) is 2.19. The highest BCUT2D eigenvalue weighted by molar-refractivity contribution is 8.00. The summed E-state index contributed by atoms with van der Waals surface area (Å²) in [6, 6.07) is 12.4. The fraction of sp³-hybridized carbons (Fsp3) is 0.176. The lowest BCUT2D eigenvalue weighted by atomic mass is 10.1. The summed E-state index contributed by atoms with van der Waals surface area (Å²) in [5.41, 5.74) is 0.727. The van der Waals surface area contributed by atoms with Crippen molar-refractivity contribution < 1.29 is 9.59 Å². The molecule has 1 atom stereocenters. The first-order chi connectivity index (χ1) is 13.1. The SMILES string of the molecule is CCNC(=O)NC(=O)[C@H](Sc1nnc(-c2cccs2)n1N)c1ccccc1. The molecule has 140 valence electrons. The minimum atomic E-state index is -0.712. The van der Waals surface area contributed by atoms with Gasteiger partial charge < -0.3 is 11.2 Å². The number of urea groups is 1. The van der Waals surface area contributed by atoms with Crippen LogP contribution >= 0.6 is 23.1 Å². The maximum atomic E-state index is 12.7. The van der Waals surface area contributed by atoms with Gasteiger partial charge in [0.1, 0.15) is 5.25 Å². The number of thioether (sulfide) groups is 1. The minimum absolute atomic E-state index is 0.373. The number of hydrogen-bond acceptors (Lipinski definition) is 7. The van der Waals surface area contributed by atoms with Crippen LogP contribution in [0.4, 0.5) is 4.79 Å². The third kappa shape index (κ3) is 4.47. The molecule has 0 unspecified atom stereocenters. The van der Waals surface area contributed by atoms with Crippen LogP contribution in [-0.4, -0.2) is 33.4 Å². The van der Waals surface area contributed by atoms with E-state index in [4.69, 9.17) is 5.84 Å². The highest BCUT2D eigenvalue weighted by atomic mass is 32.2. The van der Waals surface area contributed by atoms with Gasteiger partial charge in [0.05, 0.1) is 4.88 Å². The summed E-state index contributed by atoms with van der Waals surface area (Å²) in [4.78, 5) is 25.3. The van der Waals surface area contributed by atoms with E-state index in [1.54, 1.807) is 6.92 Å². The van der Waals surface area contributed by atoms with Gasteiger partial charge in [-0.1, -0.05) is 48.2 Å². The van der Waals surface area contributed by atoms with E-state index in [2.05, 4.69) is 20.8 Å². The van der Waals surface area contributed by atoms with Crippen LogP contribution in [0.1, 0.15) is 17.7 Å². The molecule has 3 rings (SSSR count). The van der Waals surface area contributed by atoms with E-state index in [0.29, 0.717) is 17.5 Å².